The first-order valence-corrected chi connectivity index (χ1v) is 7.07. The molecule has 2 N–H and O–H groups in total. The summed E-state index contributed by atoms with van der Waals surface area (Å²) in [6.45, 7) is 0. The molecule has 0 aliphatic heterocycles. The van der Waals surface area contributed by atoms with Gasteiger partial charge in [-0.2, -0.15) is 0 Å². The summed E-state index contributed by atoms with van der Waals surface area (Å²) >= 11 is 0. The first-order valence-electron chi connectivity index (χ1n) is 7.07. The molecule has 2 heterocycles. The summed E-state index contributed by atoms with van der Waals surface area (Å²) in [7, 11) is 1.27. The fourth-order valence-electron chi connectivity index (χ4n) is 3.03. The number of rotatable bonds is 2. The molecule has 1 fully saturated rings. The SMILES string of the molecule is COC(=O)c1cn(C2CCCCC2)c(=O)c2[nH]c(=O)[nH]c12. The highest BCUT2D eigenvalue weighted by Gasteiger charge is 2.22. The molecule has 21 heavy (non-hydrogen) atoms. The van der Waals surface area contributed by atoms with Gasteiger partial charge in [-0.25, -0.2) is 9.59 Å². The van der Waals surface area contributed by atoms with E-state index in [1.54, 1.807) is 4.57 Å². The molecular weight excluding hydrogens is 274 g/mol. The van der Waals surface area contributed by atoms with E-state index < -0.39 is 11.7 Å². The Balaban J connectivity index is 2.25. The number of hydrogen-bond acceptors (Lipinski definition) is 4. The van der Waals surface area contributed by atoms with Crippen molar-refractivity contribution in [2.45, 2.75) is 38.1 Å². The summed E-state index contributed by atoms with van der Waals surface area (Å²) in [5.41, 5.74) is -0.232. The van der Waals surface area contributed by atoms with Crippen LogP contribution in [0.5, 0.6) is 0 Å². The molecule has 0 bridgehead atoms. The maximum absolute atomic E-state index is 12.5. The van der Waals surface area contributed by atoms with Gasteiger partial charge < -0.3 is 19.3 Å². The van der Waals surface area contributed by atoms with Gasteiger partial charge in [0.05, 0.1) is 12.6 Å². The summed E-state index contributed by atoms with van der Waals surface area (Å²) in [5.74, 6) is -0.570. The fourth-order valence-corrected chi connectivity index (χ4v) is 3.03. The van der Waals surface area contributed by atoms with E-state index in [9.17, 15) is 14.4 Å². The lowest BCUT2D eigenvalue weighted by atomic mass is 9.95. The van der Waals surface area contributed by atoms with Gasteiger partial charge in [0.2, 0.25) is 0 Å². The number of hydrogen-bond donors (Lipinski definition) is 2. The van der Waals surface area contributed by atoms with E-state index >= 15 is 0 Å². The lowest BCUT2D eigenvalue weighted by Gasteiger charge is -2.24. The Bertz CT molecular complexity index is 793. The van der Waals surface area contributed by atoms with Crippen LogP contribution in [0.4, 0.5) is 0 Å². The van der Waals surface area contributed by atoms with Crippen LogP contribution >= 0.6 is 0 Å². The van der Waals surface area contributed by atoms with Crippen molar-refractivity contribution in [3.8, 4) is 0 Å². The molecule has 2 aromatic heterocycles. The largest absolute Gasteiger partial charge is 0.465 e. The average molecular weight is 291 g/mol. The number of imidazole rings is 1. The van der Waals surface area contributed by atoms with Crippen LogP contribution in [0.3, 0.4) is 0 Å². The van der Waals surface area contributed by atoms with Crippen molar-refractivity contribution < 1.29 is 9.53 Å². The number of nitrogens with one attached hydrogen (secondary N) is 2. The summed E-state index contributed by atoms with van der Waals surface area (Å²) < 4.78 is 6.31. The van der Waals surface area contributed by atoms with E-state index in [0.29, 0.717) is 0 Å². The molecule has 0 atom stereocenters. The third-order valence-corrected chi connectivity index (χ3v) is 4.09. The smallest absolute Gasteiger partial charge is 0.341 e. The van der Waals surface area contributed by atoms with Gasteiger partial charge in [-0.3, -0.25) is 4.79 Å². The van der Waals surface area contributed by atoms with Crippen molar-refractivity contribution >= 4 is 17.0 Å². The van der Waals surface area contributed by atoms with Gasteiger partial charge in [0, 0.05) is 12.2 Å². The van der Waals surface area contributed by atoms with Crippen molar-refractivity contribution in [1.29, 1.82) is 0 Å². The van der Waals surface area contributed by atoms with Crippen LogP contribution in [0, 0.1) is 0 Å². The van der Waals surface area contributed by atoms with Gasteiger partial charge in [0.25, 0.3) is 5.56 Å². The zero-order valence-corrected chi connectivity index (χ0v) is 11.8. The maximum atomic E-state index is 12.5. The van der Waals surface area contributed by atoms with E-state index in [0.717, 1.165) is 25.7 Å². The van der Waals surface area contributed by atoms with E-state index in [-0.39, 0.29) is 28.2 Å². The molecule has 7 heteroatoms. The Morgan fingerprint density at radius 3 is 2.52 bits per heavy atom. The predicted octanol–water partition coefficient (Wildman–Crippen LogP) is 1.31. The molecule has 0 amide bonds. The summed E-state index contributed by atoms with van der Waals surface area (Å²) in [6.07, 6.45) is 6.61. The third kappa shape index (κ3) is 2.28. The van der Waals surface area contributed by atoms with Crippen molar-refractivity contribution in [3.05, 3.63) is 32.6 Å². The predicted molar refractivity (Wildman–Crippen MR) is 76.6 cm³/mol. The quantitative estimate of drug-likeness (QED) is 0.815. The average Bonchev–Trinajstić information content (AvgIpc) is 2.90. The first-order chi connectivity index (χ1) is 10.1. The standard InChI is InChI=1S/C14H17N3O4/c1-21-13(19)9-7-17(8-5-3-2-4-6-8)12(18)11-10(9)15-14(20)16-11/h7-8H,2-6H2,1H3,(H2,15,16,20). The van der Waals surface area contributed by atoms with Gasteiger partial charge in [0.1, 0.15) is 11.1 Å². The number of aromatic nitrogens is 3. The summed E-state index contributed by atoms with van der Waals surface area (Å²) in [5, 5.41) is 0. The Morgan fingerprint density at radius 1 is 1.19 bits per heavy atom. The normalized spacial score (nSPS) is 16.2. The maximum Gasteiger partial charge on any atom is 0.341 e. The van der Waals surface area contributed by atoms with Crippen LogP contribution in [-0.2, 0) is 4.74 Å². The molecule has 1 saturated carbocycles. The monoisotopic (exact) mass is 291 g/mol. The highest BCUT2D eigenvalue weighted by molar-refractivity contribution is 6.01. The molecule has 0 radical (unpaired) electrons. The van der Waals surface area contributed by atoms with Gasteiger partial charge in [-0.05, 0) is 12.8 Å². The number of fused-ring (bicyclic) bond motifs is 1. The number of aromatic amines is 2. The van der Waals surface area contributed by atoms with Crippen molar-refractivity contribution in [3.63, 3.8) is 0 Å². The number of carbonyl (C=O) groups is 1. The summed E-state index contributed by atoms with van der Waals surface area (Å²) in [6, 6.07) is 0.0671. The second-order valence-corrected chi connectivity index (χ2v) is 5.37. The molecule has 1 aliphatic rings. The van der Waals surface area contributed by atoms with Crippen LogP contribution in [0.1, 0.15) is 48.5 Å². The molecule has 3 rings (SSSR count). The minimum Gasteiger partial charge on any atom is -0.465 e. The third-order valence-electron chi connectivity index (χ3n) is 4.09. The molecule has 0 spiro atoms. The highest BCUT2D eigenvalue weighted by atomic mass is 16.5. The van der Waals surface area contributed by atoms with E-state index in [1.165, 1.54) is 19.7 Å². The van der Waals surface area contributed by atoms with Crippen molar-refractivity contribution in [1.82, 2.24) is 14.5 Å². The zero-order chi connectivity index (χ0) is 15.0. The van der Waals surface area contributed by atoms with Crippen LogP contribution in [0.25, 0.3) is 11.0 Å². The number of methoxy groups -OCH3 is 1. The van der Waals surface area contributed by atoms with Crippen molar-refractivity contribution in [2.75, 3.05) is 7.11 Å². The number of H-pyrrole nitrogens is 2. The molecular formula is C14H17N3O4. The number of carbonyl (C=O) groups excluding carboxylic acids is 1. The number of ether oxygens (including phenoxy) is 1. The van der Waals surface area contributed by atoms with Crippen LogP contribution in [-0.4, -0.2) is 27.6 Å². The topological polar surface area (TPSA) is 96.9 Å². The molecule has 112 valence electrons. The molecule has 0 unspecified atom stereocenters. The van der Waals surface area contributed by atoms with Crippen LogP contribution in [0.2, 0.25) is 0 Å². The number of pyridine rings is 1. The lowest BCUT2D eigenvalue weighted by molar-refractivity contribution is 0.0601. The Morgan fingerprint density at radius 2 is 1.86 bits per heavy atom. The van der Waals surface area contributed by atoms with E-state index in [1.807, 2.05) is 0 Å². The molecule has 0 aromatic carbocycles. The van der Waals surface area contributed by atoms with Gasteiger partial charge >= 0.3 is 11.7 Å². The molecule has 2 aromatic rings. The first kappa shape index (κ1) is 13.7. The minimum absolute atomic E-state index is 0.0671. The van der Waals surface area contributed by atoms with E-state index in [4.69, 9.17) is 4.74 Å². The summed E-state index contributed by atoms with van der Waals surface area (Å²) in [4.78, 5) is 40.9. The van der Waals surface area contributed by atoms with Crippen LogP contribution in [0.15, 0.2) is 15.8 Å². The Hall–Kier alpha value is -2.31. The van der Waals surface area contributed by atoms with Gasteiger partial charge in [0.15, 0.2) is 0 Å². The second-order valence-electron chi connectivity index (χ2n) is 5.37. The van der Waals surface area contributed by atoms with Gasteiger partial charge in [-0.1, -0.05) is 19.3 Å². The Labute approximate surface area is 119 Å². The lowest BCUT2D eigenvalue weighted by Crippen LogP contribution is -2.27. The highest BCUT2D eigenvalue weighted by Crippen LogP contribution is 2.27. The molecule has 1 aliphatic carbocycles. The zero-order valence-electron chi connectivity index (χ0n) is 11.8. The minimum atomic E-state index is -0.570. The van der Waals surface area contributed by atoms with E-state index in [2.05, 4.69) is 9.97 Å². The fraction of sp³-hybridized carbons (Fsp3) is 0.500. The molecule has 7 nitrogen and oxygen atoms in total. The number of esters is 1. The Kier molecular flexibility index (Phi) is 3.40. The van der Waals surface area contributed by atoms with Crippen molar-refractivity contribution in [2.24, 2.45) is 0 Å². The molecule has 0 saturated heterocycles. The van der Waals surface area contributed by atoms with Gasteiger partial charge in [-0.15, -0.1) is 0 Å². The second kappa shape index (κ2) is 5.23. The number of nitrogens with zero attached hydrogens (tertiary/aromatic N) is 1. The van der Waals surface area contributed by atoms with Crippen LogP contribution < -0.4 is 11.2 Å².